The molecule has 0 radical (unpaired) electrons. The van der Waals surface area contributed by atoms with Crippen LogP contribution >= 0.6 is 11.3 Å². The van der Waals surface area contributed by atoms with Crippen LogP contribution in [0.3, 0.4) is 0 Å². The molecule has 0 amide bonds. The molecule has 0 aliphatic rings. The zero-order valence-corrected chi connectivity index (χ0v) is 12.8. The van der Waals surface area contributed by atoms with Crippen LogP contribution < -0.4 is 5.73 Å². The van der Waals surface area contributed by atoms with E-state index in [0.717, 1.165) is 10.4 Å². The lowest BCUT2D eigenvalue weighted by Crippen LogP contribution is -2.28. The van der Waals surface area contributed by atoms with Crippen LogP contribution in [-0.2, 0) is 23.0 Å². The van der Waals surface area contributed by atoms with Crippen LogP contribution in [0.2, 0.25) is 0 Å². The maximum atomic E-state index is 12.4. The summed E-state index contributed by atoms with van der Waals surface area (Å²) in [6, 6.07) is 7.15. The summed E-state index contributed by atoms with van der Waals surface area (Å²) >= 11 is 1.23. The summed E-state index contributed by atoms with van der Waals surface area (Å²) in [5, 5.41) is 0. The Morgan fingerprint density at radius 1 is 1.25 bits per heavy atom. The van der Waals surface area contributed by atoms with Crippen molar-refractivity contribution in [2.45, 2.75) is 17.2 Å². The minimum atomic E-state index is -3.42. The van der Waals surface area contributed by atoms with Crippen LogP contribution in [0.4, 0.5) is 0 Å². The number of nitrogens with two attached hydrogens (primary N) is 1. The molecule has 0 saturated heterocycles. The molecule has 0 aromatic carbocycles. The number of sulfonamides is 1. The summed E-state index contributed by atoms with van der Waals surface area (Å²) in [6.45, 7) is 0.795. The van der Waals surface area contributed by atoms with E-state index < -0.39 is 10.0 Å². The summed E-state index contributed by atoms with van der Waals surface area (Å²) in [5.41, 5.74) is 6.58. The van der Waals surface area contributed by atoms with Gasteiger partial charge in [0, 0.05) is 37.4 Å². The Bertz CT molecular complexity index is 653. The molecule has 2 aromatic rings. The zero-order valence-electron chi connectivity index (χ0n) is 11.2. The number of nitrogens with zero attached hydrogens (tertiary/aromatic N) is 2. The van der Waals surface area contributed by atoms with Crippen molar-refractivity contribution in [3.05, 3.63) is 47.1 Å². The van der Waals surface area contributed by atoms with Crippen LogP contribution in [0.1, 0.15) is 10.4 Å². The summed E-state index contributed by atoms with van der Waals surface area (Å²) in [6.07, 6.45) is 4.07. The van der Waals surface area contributed by atoms with Crippen LogP contribution in [0, 0.1) is 0 Å². The van der Waals surface area contributed by atoms with Gasteiger partial charge in [-0.3, -0.25) is 4.98 Å². The highest BCUT2D eigenvalue weighted by molar-refractivity contribution is 7.91. The fourth-order valence-corrected chi connectivity index (χ4v) is 4.33. The van der Waals surface area contributed by atoms with Gasteiger partial charge in [0.25, 0.3) is 10.0 Å². The average molecular weight is 311 g/mol. The van der Waals surface area contributed by atoms with Crippen molar-refractivity contribution in [2.75, 3.05) is 13.6 Å². The van der Waals surface area contributed by atoms with Crippen molar-refractivity contribution in [1.82, 2.24) is 9.29 Å². The molecule has 5 nitrogen and oxygen atoms in total. The molecule has 2 rings (SSSR count). The first-order valence-electron chi connectivity index (χ1n) is 6.18. The van der Waals surface area contributed by atoms with E-state index >= 15 is 0 Å². The molecule has 0 saturated carbocycles. The number of aromatic nitrogens is 1. The zero-order chi connectivity index (χ0) is 14.6. The number of thiophene rings is 1. The predicted octanol–water partition coefficient (Wildman–Crippen LogP) is 1.46. The van der Waals surface area contributed by atoms with Crippen molar-refractivity contribution < 1.29 is 8.42 Å². The van der Waals surface area contributed by atoms with Crippen molar-refractivity contribution in [3.63, 3.8) is 0 Å². The fourth-order valence-electron chi connectivity index (χ4n) is 1.72. The highest BCUT2D eigenvalue weighted by Crippen LogP contribution is 2.24. The second kappa shape index (κ2) is 6.45. The molecule has 20 heavy (non-hydrogen) atoms. The van der Waals surface area contributed by atoms with Gasteiger partial charge < -0.3 is 5.73 Å². The third kappa shape index (κ3) is 3.43. The lowest BCUT2D eigenvalue weighted by Gasteiger charge is -2.15. The monoisotopic (exact) mass is 311 g/mol. The smallest absolute Gasteiger partial charge is 0.252 e. The van der Waals surface area contributed by atoms with Crippen molar-refractivity contribution in [1.29, 1.82) is 0 Å². The first-order chi connectivity index (χ1) is 9.54. The van der Waals surface area contributed by atoms with Gasteiger partial charge in [0.1, 0.15) is 4.21 Å². The largest absolute Gasteiger partial charge is 0.326 e. The highest BCUT2D eigenvalue weighted by Gasteiger charge is 2.22. The first kappa shape index (κ1) is 15.1. The molecule has 7 heteroatoms. The summed E-state index contributed by atoms with van der Waals surface area (Å²) in [4.78, 5) is 4.81. The second-order valence-corrected chi connectivity index (χ2v) is 7.80. The molecule has 108 valence electrons. The Morgan fingerprint density at radius 3 is 2.55 bits per heavy atom. The van der Waals surface area contributed by atoms with E-state index in [0.29, 0.717) is 23.7 Å². The summed E-state index contributed by atoms with van der Waals surface area (Å²) < 4.78 is 26.4. The van der Waals surface area contributed by atoms with Crippen LogP contribution in [0.5, 0.6) is 0 Å². The average Bonchev–Trinajstić information content (AvgIpc) is 2.95. The van der Waals surface area contributed by atoms with Gasteiger partial charge in [-0.05, 0) is 36.2 Å². The van der Waals surface area contributed by atoms with Gasteiger partial charge in [-0.15, -0.1) is 11.3 Å². The first-order valence-corrected chi connectivity index (χ1v) is 8.43. The van der Waals surface area contributed by atoms with Crippen LogP contribution in [-0.4, -0.2) is 31.3 Å². The van der Waals surface area contributed by atoms with Crippen molar-refractivity contribution in [3.8, 4) is 0 Å². The number of rotatable bonds is 6. The fraction of sp³-hybridized carbons (Fsp3) is 0.308. The third-order valence-electron chi connectivity index (χ3n) is 2.97. The SMILES string of the molecule is CN(CCc1ccncc1)S(=O)(=O)c1ccc(CN)s1. The van der Waals surface area contributed by atoms with E-state index in [1.165, 1.54) is 15.6 Å². The summed E-state index contributed by atoms with van der Waals surface area (Å²) in [7, 11) is -1.82. The van der Waals surface area contributed by atoms with Gasteiger partial charge in [-0.25, -0.2) is 8.42 Å². The molecule has 0 fully saturated rings. The number of hydrogen-bond donors (Lipinski definition) is 1. The molecule has 0 aliphatic heterocycles. The minimum Gasteiger partial charge on any atom is -0.326 e. The minimum absolute atomic E-state index is 0.343. The molecular weight excluding hydrogens is 294 g/mol. The van der Waals surface area contributed by atoms with Gasteiger partial charge in [-0.1, -0.05) is 0 Å². The van der Waals surface area contributed by atoms with E-state index in [1.54, 1.807) is 31.6 Å². The third-order valence-corrected chi connectivity index (χ3v) is 6.40. The number of likely N-dealkylation sites (N-methyl/N-ethyl adjacent to an activating group) is 1. The quantitative estimate of drug-likeness (QED) is 0.876. The standard InChI is InChI=1S/C13H17N3O2S2/c1-16(9-6-11-4-7-15-8-5-11)20(17,18)13-3-2-12(10-14)19-13/h2-5,7-8H,6,9-10,14H2,1H3. The van der Waals surface area contributed by atoms with E-state index in [9.17, 15) is 8.42 Å². The molecule has 2 N–H and O–H groups in total. The Morgan fingerprint density at radius 2 is 1.95 bits per heavy atom. The highest BCUT2D eigenvalue weighted by atomic mass is 32.2. The topological polar surface area (TPSA) is 76.3 Å². The van der Waals surface area contributed by atoms with Gasteiger partial charge in [-0.2, -0.15) is 4.31 Å². The van der Waals surface area contributed by atoms with E-state index in [-0.39, 0.29) is 0 Å². The Labute approximate surface area is 123 Å². The maximum absolute atomic E-state index is 12.4. The maximum Gasteiger partial charge on any atom is 0.252 e. The number of hydrogen-bond acceptors (Lipinski definition) is 5. The van der Waals surface area contributed by atoms with E-state index in [4.69, 9.17) is 5.73 Å². The molecule has 0 bridgehead atoms. The van der Waals surface area contributed by atoms with Crippen molar-refractivity contribution >= 4 is 21.4 Å². The van der Waals surface area contributed by atoms with Gasteiger partial charge in [0.15, 0.2) is 0 Å². The molecule has 0 aliphatic carbocycles. The molecule has 2 aromatic heterocycles. The van der Waals surface area contributed by atoms with Gasteiger partial charge in [0.2, 0.25) is 0 Å². The van der Waals surface area contributed by atoms with E-state index in [2.05, 4.69) is 4.98 Å². The molecular formula is C13H17N3O2S2. The van der Waals surface area contributed by atoms with Crippen LogP contribution in [0.15, 0.2) is 40.9 Å². The molecule has 0 spiro atoms. The normalized spacial score (nSPS) is 11.9. The molecule has 0 atom stereocenters. The Balaban J connectivity index is 2.05. The second-order valence-electron chi connectivity index (χ2n) is 4.36. The van der Waals surface area contributed by atoms with Gasteiger partial charge >= 0.3 is 0 Å². The molecule has 0 unspecified atom stereocenters. The Kier molecular flexibility index (Phi) is 4.87. The molecule has 2 heterocycles. The van der Waals surface area contributed by atoms with Gasteiger partial charge in [0.05, 0.1) is 0 Å². The lowest BCUT2D eigenvalue weighted by atomic mass is 10.2. The van der Waals surface area contributed by atoms with Crippen molar-refractivity contribution in [2.24, 2.45) is 5.73 Å². The number of pyridine rings is 1. The Hall–Kier alpha value is -1.28. The van der Waals surface area contributed by atoms with Crippen LogP contribution in [0.25, 0.3) is 0 Å². The summed E-state index contributed by atoms with van der Waals surface area (Å²) in [5.74, 6) is 0. The predicted molar refractivity (Wildman–Crippen MR) is 80.0 cm³/mol. The lowest BCUT2D eigenvalue weighted by molar-refractivity contribution is 0.474. The van der Waals surface area contributed by atoms with E-state index in [1.807, 2.05) is 12.1 Å².